The summed E-state index contributed by atoms with van der Waals surface area (Å²) < 4.78 is 5.03. The second-order valence-corrected chi connectivity index (χ2v) is 5.94. The molecule has 0 radical (unpaired) electrons. The molecular weight excluding hydrogens is 332 g/mol. The fraction of sp³-hybridized carbons (Fsp3) is 0.300. The molecule has 2 aromatic rings. The zero-order valence-electron chi connectivity index (χ0n) is 15.0. The molecule has 1 aromatic heterocycles. The first-order chi connectivity index (χ1) is 12.5. The summed E-state index contributed by atoms with van der Waals surface area (Å²) in [5, 5.41) is 2.75. The molecule has 1 aromatic carbocycles. The Balaban J connectivity index is 1.82. The Bertz CT molecular complexity index is 767. The molecule has 1 N–H and O–H groups in total. The van der Waals surface area contributed by atoms with Crippen LogP contribution in [0.2, 0.25) is 0 Å². The van der Waals surface area contributed by atoms with E-state index in [1.165, 1.54) is 0 Å². The number of Topliss-reactive ketones (excluding diaryl/α,β-unsaturated/α-hetero) is 1. The summed E-state index contributed by atoms with van der Waals surface area (Å²) >= 11 is 0. The normalized spacial score (nSPS) is 10.2. The van der Waals surface area contributed by atoms with Crippen molar-refractivity contribution < 1.29 is 19.1 Å². The van der Waals surface area contributed by atoms with Gasteiger partial charge in [0.05, 0.1) is 6.42 Å². The van der Waals surface area contributed by atoms with Gasteiger partial charge in [-0.1, -0.05) is 13.0 Å². The number of aromatic nitrogens is 1. The number of aryl methyl sites for hydroxylation is 1. The number of nitrogens with one attached hydrogen (secondary N) is 1. The zero-order valence-corrected chi connectivity index (χ0v) is 15.0. The third-order valence-electron chi connectivity index (χ3n) is 3.65. The first kappa shape index (κ1) is 19.3. The molecule has 0 aliphatic rings. The second-order valence-electron chi connectivity index (χ2n) is 5.94. The molecule has 6 nitrogen and oxygen atoms in total. The molecule has 6 heteroatoms. The summed E-state index contributed by atoms with van der Waals surface area (Å²) in [4.78, 5) is 39.6. The monoisotopic (exact) mass is 354 g/mol. The molecule has 0 fully saturated rings. The second kappa shape index (κ2) is 9.46. The van der Waals surface area contributed by atoms with E-state index >= 15 is 0 Å². The molecule has 0 bridgehead atoms. The minimum Gasteiger partial charge on any atom is -0.457 e. The Kier molecular flexibility index (Phi) is 7.02. The highest BCUT2D eigenvalue weighted by molar-refractivity contribution is 5.98. The van der Waals surface area contributed by atoms with E-state index in [1.807, 2.05) is 19.9 Å². The summed E-state index contributed by atoms with van der Waals surface area (Å²) in [5.74, 6) is -0.842. The van der Waals surface area contributed by atoms with Gasteiger partial charge in [0.2, 0.25) is 5.91 Å². The molecule has 0 unspecified atom stereocenters. The van der Waals surface area contributed by atoms with Crippen molar-refractivity contribution in [1.82, 2.24) is 4.98 Å². The lowest BCUT2D eigenvalue weighted by atomic mass is 10.1. The molecule has 0 atom stereocenters. The topological polar surface area (TPSA) is 85.4 Å². The lowest BCUT2D eigenvalue weighted by Gasteiger charge is -2.07. The summed E-state index contributed by atoms with van der Waals surface area (Å²) in [6, 6.07) is 10.1. The van der Waals surface area contributed by atoms with E-state index in [0.29, 0.717) is 17.7 Å². The quantitative estimate of drug-likeness (QED) is 0.581. The van der Waals surface area contributed by atoms with Crippen LogP contribution in [0.3, 0.4) is 0 Å². The number of hydrogen-bond donors (Lipinski definition) is 1. The van der Waals surface area contributed by atoms with Crippen LogP contribution in [0, 0.1) is 6.92 Å². The third kappa shape index (κ3) is 6.12. The molecule has 1 heterocycles. The maximum absolute atomic E-state index is 12.1. The number of ketones is 1. The van der Waals surface area contributed by atoms with Crippen LogP contribution in [0.5, 0.6) is 0 Å². The van der Waals surface area contributed by atoms with E-state index in [-0.39, 0.29) is 24.7 Å². The van der Waals surface area contributed by atoms with Gasteiger partial charge in [0.1, 0.15) is 0 Å². The molecule has 0 aliphatic heterocycles. The maximum atomic E-state index is 12.1. The predicted molar refractivity (Wildman–Crippen MR) is 97.9 cm³/mol. The first-order valence-corrected chi connectivity index (χ1v) is 8.48. The number of amides is 1. The number of pyridine rings is 1. The van der Waals surface area contributed by atoms with Crippen molar-refractivity contribution in [1.29, 1.82) is 0 Å². The minimum absolute atomic E-state index is 0.0638. The number of anilines is 1. The fourth-order valence-electron chi connectivity index (χ4n) is 2.24. The van der Waals surface area contributed by atoms with Crippen molar-refractivity contribution in [3.8, 4) is 0 Å². The van der Waals surface area contributed by atoms with E-state index in [2.05, 4.69) is 10.3 Å². The van der Waals surface area contributed by atoms with Crippen molar-refractivity contribution in [2.45, 2.75) is 33.1 Å². The number of carbonyl (C=O) groups is 3. The summed E-state index contributed by atoms with van der Waals surface area (Å²) in [7, 11) is 0. The van der Waals surface area contributed by atoms with E-state index in [4.69, 9.17) is 4.74 Å². The van der Waals surface area contributed by atoms with Crippen LogP contribution >= 0.6 is 0 Å². The molecule has 0 saturated carbocycles. The molecule has 0 saturated heterocycles. The highest BCUT2D eigenvalue weighted by atomic mass is 16.5. The average molecular weight is 354 g/mol. The van der Waals surface area contributed by atoms with Crippen LogP contribution in [-0.4, -0.2) is 29.3 Å². The van der Waals surface area contributed by atoms with Crippen LogP contribution < -0.4 is 5.32 Å². The van der Waals surface area contributed by atoms with E-state index in [1.54, 1.807) is 36.5 Å². The Morgan fingerprint density at radius 3 is 2.42 bits per heavy atom. The van der Waals surface area contributed by atoms with Gasteiger partial charge >= 0.3 is 5.97 Å². The summed E-state index contributed by atoms with van der Waals surface area (Å²) in [5.41, 5.74) is 2.65. The molecule has 2 rings (SSSR count). The minimum atomic E-state index is -0.479. The number of benzene rings is 1. The highest BCUT2D eigenvalue weighted by Gasteiger charge is 2.11. The largest absolute Gasteiger partial charge is 0.457 e. The lowest BCUT2D eigenvalue weighted by molar-refractivity contribution is -0.141. The first-order valence-electron chi connectivity index (χ1n) is 8.48. The Hall–Kier alpha value is -3.02. The smallest absolute Gasteiger partial charge is 0.310 e. The molecule has 26 heavy (non-hydrogen) atoms. The van der Waals surface area contributed by atoms with Gasteiger partial charge < -0.3 is 10.1 Å². The van der Waals surface area contributed by atoms with Crippen molar-refractivity contribution in [2.24, 2.45) is 0 Å². The van der Waals surface area contributed by atoms with Crippen molar-refractivity contribution >= 4 is 23.3 Å². The lowest BCUT2D eigenvalue weighted by Crippen LogP contribution is -2.16. The van der Waals surface area contributed by atoms with Crippen LogP contribution in [0.25, 0.3) is 0 Å². The molecular formula is C20H22N2O4. The third-order valence-corrected chi connectivity index (χ3v) is 3.65. The van der Waals surface area contributed by atoms with Gasteiger partial charge in [-0.05, 0) is 49.2 Å². The van der Waals surface area contributed by atoms with Gasteiger partial charge in [-0.2, -0.15) is 0 Å². The van der Waals surface area contributed by atoms with Crippen molar-refractivity contribution in [3.05, 3.63) is 59.4 Å². The van der Waals surface area contributed by atoms with Crippen LogP contribution in [0.4, 0.5) is 5.69 Å². The van der Waals surface area contributed by atoms with Crippen molar-refractivity contribution in [3.63, 3.8) is 0 Å². The number of carbonyl (C=O) groups excluding carboxylic acids is 3. The Morgan fingerprint density at radius 2 is 1.81 bits per heavy atom. The van der Waals surface area contributed by atoms with E-state index in [9.17, 15) is 14.4 Å². The standard InChI is InChI=1S/C20H22N2O4/c1-3-4-19(24)22-17-9-7-16(8-10-17)18(23)13-26-20(25)11-15-6-5-14(2)21-12-15/h5-10,12H,3-4,11,13H2,1-2H3,(H,22,24). The fourth-order valence-corrected chi connectivity index (χ4v) is 2.24. The Morgan fingerprint density at radius 1 is 1.08 bits per heavy atom. The molecule has 0 spiro atoms. The van der Waals surface area contributed by atoms with E-state index in [0.717, 1.165) is 17.7 Å². The SMILES string of the molecule is CCCC(=O)Nc1ccc(C(=O)COC(=O)Cc2ccc(C)nc2)cc1. The maximum Gasteiger partial charge on any atom is 0.310 e. The molecule has 0 aliphatic carbocycles. The van der Waals surface area contributed by atoms with Gasteiger partial charge in [0, 0.05) is 29.6 Å². The molecule has 1 amide bonds. The number of rotatable bonds is 8. The van der Waals surface area contributed by atoms with Gasteiger partial charge in [-0.3, -0.25) is 19.4 Å². The number of ether oxygens (including phenoxy) is 1. The van der Waals surface area contributed by atoms with Crippen molar-refractivity contribution in [2.75, 3.05) is 11.9 Å². The van der Waals surface area contributed by atoms with Crippen LogP contribution in [0.15, 0.2) is 42.6 Å². The van der Waals surface area contributed by atoms with Crippen LogP contribution in [-0.2, 0) is 20.7 Å². The summed E-state index contributed by atoms with van der Waals surface area (Å²) in [6.07, 6.45) is 2.91. The number of esters is 1. The van der Waals surface area contributed by atoms with Crippen LogP contribution in [0.1, 0.15) is 41.4 Å². The van der Waals surface area contributed by atoms with Gasteiger partial charge in [-0.25, -0.2) is 0 Å². The predicted octanol–water partition coefficient (Wildman–Crippen LogP) is 3.10. The summed E-state index contributed by atoms with van der Waals surface area (Å²) in [6.45, 7) is 3.47. The Labute approximate surface area is 152 Å². The number of hydrogen-bond acceptors (Lipinski definition) is 5. The van der Waals surface area contributed by atoms with Gasteiger partial charge in [0.15, 0.2) is 12.4 Å². The van der Waals surface area contributed by atoms with Gasteiger partial charge in [0.25, 0.3) is 0 Å². The van der Waals surface area contributed by atoms with E-state index < -0.39 is 5.97 Å². The molecule has 136 valence electrons. The number of nitrogens with zero attached hydrogens (tertiary/aromatic N) is 1. The average Bonchev–Trinajstić information content (AvgIpc) is 2.62. The highest BCUT2D eigenvalue weighted by Crippen LogP contribution is 2.11. The van der Waals surface area contributed by atoms with Gasteiger partial charge in [-0.15, -0.1) is 0 Å². The zero-order chi connectivity index (χ0) is 18.9.